The van der Waals surface area contributed by atoms with Gasteiger partial charge in [0.1, 0.15) is 0 Å². The number of esters is 1. The predicted octanol–water partition coefficient (Wildman–Crippen LogP) is 4.99. The first-order chi connectivity index (χ1) is 11.7. The second kappa shape index (κ2) is 6.63. The van der Waals surface area contributed by atoms with E-state index in [2.05, 4.69) is 4.74 Å². The maximum atomic E-state index is 13.5. The number of halogens is 9. The average molecular weight is 398 g/mol. The zero-order chi connectivity index (χ0) is 20.0. The van der Waals surface area contributed by atoms with Gasteiger partial charge in [-0.05, 0) is 24.7 Å². The molecule has 26 heavy (non-hydrogen) atoms. The van der Waals surface area contributed by atoms with Gasteiger partial charge in [0.05, 0.1) is 5.92 Å². The molecule has 0 spiro atoms. The molecular formula is C15H15F9O2. The quantitative estimate of drug-likeness (QED) is 0.343. The maximum absolute atomic E-state index is 13.5. The summed E-state index contributed by atoms with van der Waals surface area (Å²) in [7, 11) is 0. The third kappa shape index (κ3) is 4.11. The Hall–Kier alpha value is -1.42. The largest absolute Gasteiger partial charge is 0.459 e. The molecule has 0 heterocycles. The number of carbonyl (C=O) groups is 1. The summed E-state index contributed by atoms with van der Waals surface area (Å²) < 4.78 is 119. The lowest BCUT2D eigenvalue weighted by Gasteiger charge is -2.28. The smallest absolute Gasteiger partial charge is 0.453 e. The lowest BCUT2D eigenvalue weighted by Crippen LogP contribution is -2.47. The molecule has 2 bridgehead atoms. The van der Waals surface area contributed by atoms with Crippen molar-refractivity contribution in [3.05, 3.63) is 12.2 Å². The highest BCUT2D eigenvalue weighted by Gasteiger charge is 2.62. The van der Waals surface area contributed by atoms with E-state index in [-0.39, 0.29) is 11.8 Å². The van der Waals surface area contributed by atoms with Gasteiger partial charge < -0.3 is 4.74 Å². The molecular weight excluding hydrogens is 383 g/mol. The summed E-state index contributed by atoms with van der Waals surface area (Å²) in [4.78, 5) is 11.8. The molecule has 11 heteroatoms. The van der Waals surface area contributed by atoms with Gasteiger partial charge in [0.15, 0.2) is 6.61 Å². The van der Waals surface area contributed by atoms with E-state index in [1.54, 1.807) is 6.08 Å². The van der Waals surface area contributed by atoms with E-state index in [1.165, 1.54) is 0 Å². The Kier molecular flexibility index (Phi) is 5.33. The first-order valence-corrected chi connectivity index (χ1v) is 7.71. The fourth-order valence-corrected chi connectivity index (χ4v) is 3.06. The highest BCUT2D eigenvalue weighted by atomic mass is 19.4. The molecule has 0 aliphatic heterocycles. The van der Waals surface area contributed by atoms with Crippen molar-refractivity contribution >= 4 is 5.97 Å². The molecule has 2 aliphatic rings. The van der Waals surface area contributed by atoms with Crippen LogP contribution in [0.25, 0.3) is 0 Å². The van der Waals surface area contributed by atoms with Crippen LogP contribution in [0.2, 0.25) is 0 Å². The molecule has 0 aromatic heterocycles. The van der Waals surface area contributed by atoms with Gasteiger partial charge in [-0.25, -0.2) is 0 Å². The van der Waals surface area contributed by atoms with Crippen molar-refractivity contribution in [2.45, 2.75) is 49.6 Å². The van der Waals surface area contributed by atoms with Crippen LogP contribution in [0.4, 0.5) is 39.5 Å². The average Bonchev–Trinajstić information content (AvgIpc) is 3.12. The fraction of sp³-hybridized carbons (Fsp3) is 0.800. The molecule has 0 radical (unpaired) electrons. The van der Waals surface area contributed by atoms with Crippen LogP contribution >= 0.6 is 0 Å². The summed E-state index contributed by atoms with van der Waals surface area (Å²) >= 11 is 0. The maximum Gasteiger partial charge on any atom is 0.453 e. The van der Waals surface area contributed by atoms with Crippen LogP contribution in [0, 0.1) is 17.8 Å². The normalized spacial score (nSPS) is 26.4. The molecule has 1 fully saturated rings. The molecule has 150 valence electrons. The molecule has 0 N–H and O–H groups in total. The lowest BCUT2D eigenvalue weighted by atomic mass is 9.94. The van der Waals surface area contributed by atoms with E-state index in [4.69, 9.17) is 0 Å². The number of carbonyl (C=O) groups excluding carboxylic acids is 1. The second-order valence-corrected chi connectivity index (χ2v) is 6.61. The Bertz CT molecular complexity index is 568. The van der Waals surface area contributed by atoms with Crippen molar-refractivity contribution in [1.29, 1.82) is 0 Å². The van der Waals surface area contributed by atoms with E-state index in [9.17, 15) is 44.3 Å². The predicted molar refractivity (Wildman–Crippen MR) is 69.9 cm³/mol. The number of fused-ring (bicyclic) bond motifs is 2. The molecule has 0 aromatic carbocycles. The third-order valence-electron chi connectivity index (χ3n) is 4.68. The molecule has 0 saturated heterocycles. The number of allylic oxidation sites excluding steroid dienone is 2. The summed E-state index contributed by atoms with van der Waals surface area (Å²) in [5.41, 5.74) is 0. The van der Waals surface area contributed by atoms with Gasteiger partial charge in [-0.3, -0.25) is 4.79 Å². The first kappa shape index (κ1) is 20.9. The number of rotatable bonds is 7. The van der Waals surface area contributed by atoms with Crippen LogP contribution in [0.3, 0.4) is 0 Å². The standard InChI is InChI=1S/C15H15F9O2/c16-12(17,3-4-13(18,19)15(22,23)24)14(20,21)7-26-11(25)10-6-8-1-2-9(10)5-8/h1-2,8-10H,3-7H2. The summed E-state index contributed by atoms with van der Waals surface area (Å²) in [6.07, 6.45) is -6.55. The van der Waals surface area contributed by atoms with Gasteiger partial charge in [0.2, 0.25) is 0 Å². The zero-order valence-electron chi connectivity index (χ0n) is 13.1. The van der Waals surface area contributed by atoms with Gasteiger partial charge in [0, 0.05) is 12.8 Å². The minimum absolute atomic E-state index is 0.0871. The molecule has 2 aliphatic carbocycles. The van der Waals surface area contributed by atoms with E-state index in [1.807, 2.05) is 6.08 Å². The summed E-state index contributed by atoms with van der Waals surface area (Å²) in [6.45, 7) is -2.09. The van der Waals surface area contributed by atoms with Gasteiger partial charge >= 0.3 is 29.9 Å². The molecule has 2 nitrogen and oxygen atoms in total. The summed E-state index contributed by atoms with van der Waals surface area (Å²) in [5.74, 6) is -17.8. The van der Waals surface area contributed by atoms with Crippen molar-refractivity contribution in [1.82, 2.24) is 0 Å². The third-order valence-corrected chi connectivity index (χ3v) is 4.68. The number of alkyl halides is 9. The number of hydrogen-bond acceptors (Lipinski definition) is 2. The van der Waals surface area contributed by atoms with E-state index >= 15 is 0 Å². The molecule has 0 amide bonds. The zero-order valence-corrected chi connectivity index (χ0v) is 13.1. The van der Waals surface area contributed by atoms with Crippen LogP contribution in [0.5, 0.6) is 0 Å². The highest BCUT2D eigenvalue weighted by Crippen LogP contribution is 2.46. The topological polar surface area (TPSA) is 26.3 Å². The number of ether oxygens (including phenoxy) is 1. The molecule has 2 rings (SSSR count). The second-order valence-electron chi connectivity index (χ2n) is 6.61. The van der Waals surface area contributed by atoms with Crippen LogP contribution in [-0.2, 0) is 9.53 Å². The Balaban J connectivity index is 1.90. The summed E-state index contributed by atoms with van der Waals surface area (Å²) in [6, 6.07) is 0. The van der Waals surface area contributed by atoms with Gasteiger partial charge in [-0.2, -0.15) is 39.5 Å². The number of hydrogen-bond donors (Lipinski definition) is 0. The Morgan fingerprint density at radius 3 is 1.88 bits per heavy atom. The highest BCUT2D eigenvalue weighted by molar-refractivity contribution is 5.74. The van der Waals surface area contributed by atoms with Gasteiger partial charge in [0.25, 0.3) is 0 Å². The van der Waals surface area contributed by atoms with E-state index in [0.717, 1.165) is 0 Å². The Morgan fingerprint density at radius 1 is 0.846 bits per heavy atom. The fourth-order valence-electron chi connectivity index (χ4n) is 3.06. The Morgan fingerprint density at radius 2 is 1.42 bits per heavy atom. The minimum Gasteiger partial charge on any atom is -0.459 e. The van der Waals surface area contributed by atoms with Crippen LogP contribution in [0.1, 0.15) is 25.7 Å². The first-order valence-electron chi connectivity index (χ1n) is 7.71. The Labute approximate surface area is 142 Å². The lowest BCUT2D eigenvalue weighted by molar-refractivity contribution is -0.295. The van der Waals surface area contributed by atoms with E-state index in [0.29, 0.717) is 12.8 Å². The van der Waals surface area contributed by atoms with Crippen molar-refractivity contribution in [3.63, 3.8) is 0 Å². The molecule has 3 atom stereocenters. The minimum atomic E-state index is -6.12. The SMILES string of the molecule is O=C(OCC(F)(F)C(F)(F)CCC(F)(F)C(F)(F)F)C1CC2C=CC1C2. The van der Waals surface area contributed by atoms with Gasteiger partial charge in [-0.15, -0.1) is 0 Å². The van der Waals surface area contributed by atoms with Crippen LogP contribution < -0.4 is 0 Å². The van der Waals surface area contributed by atoms with Crippen molar-refractivity contribution in [3.8, 4) is 0 Å². The van der Waals surface area contributed by atoms with Crippen molar-refractivity contribution in [2.24, 2.45) is 17.8 Å². The van der Waals surface area contributed by atoms with Gasteiger partial charge in [-0.1, -0.05) is 12.2 Å². The monoisotopic (exact) mass is 398 g/mol. The summed E-state index contributed by atoms with van der Waals surface area (Å²) in [5, 5.41) is 0. The van der Waals surface area contributed by atoms with Crippen LogP contribution in [-0.4, -0.2) is 36.5 Å². The molecule has 0 aromatic rings. The van der Waals surface area contributed by atoms with Crippen molar-refractivity contribution < 1.29 is 49.0 Å². The van der Waals surface area contributed by atoms with Crippen molar-refractivity contribution in [2.75, 3.05) is 6.61 Å². The van der Waals surface area contributed by atoms with E-state index < -0.39 is 55.3 Å². The molecule has 1 saturated carbocycles. The van der Waals surface area contributed by atoms with Crippen LogP contribution in [0.15, 0.2) is 12.2 Å². The molecule has 3 unspecified atom stereocenters.